The van der Waals surface area contributed by atoms with E-state index in [1.807, 2.05) is 0 Å². The van der Waals surface area contributed by atoms with Gasteiger partial charge in [-0.2, -0.15) is 0 Å². The highest BCUT2D eigenvalue weighted by Gasteiger charge is 2.12. The monoisotopic (exact) mass is 278 g/mol. The van der Waals surface area contributed by atoms with Gasteiger partial charge in [-0.15, -0.1) is 0 Å². The van der Waals surface area contributed by atoms with E-state index in [9.17, 15) is 13.6 Å². The molecule has 0 heterocycles. The molecule has 2 aromatic rings. The fourth-order valence-corrected chi connectivity index (χ4v) is 1.66. The van der Waals surface area contributed by atoms with E-state index in [4.69, 9.17) is 10.5 Å². The zero-order chi connectivity index (χ0) is 14.7. The van der Waals surface area contributed by atoms with Gasteiger partial charge in [-0.25, -0.2) is 8.78 Å². The Labute approximate surface area is 114 Å². The Morgan fingerprint density at radius 1 is 1.20 bits per heavy atom. The molecular weight excluding hydrogens is 266 g/mol. The van der Waals surface area contributed by atoms with Gasteiger partial charge in [0.15, 0.2) is 0 Å². The quantitative estimate of drug-likeness (QED) is 0.848. The Morgan fingerprint density at radius 2 is 1.95 bits per heavy atom. The van der Waals surface area contributed by atoms with E-state index < -0.39 is 17.5 Å². The number of nitrogen functional groups attached to an aromatic ring is 1. The minimum Gasteiger partial charge on any atom is -0.497 e. The molecule has 104 valence electrons. The average Bonchev–Trinajstić information content (AvgIpc) is 2.42. The van der Waals surface area contributed by atoms with Gasteiger partial charge in [0.05, 0.1) is 12.8 Å². The van der Waals surface area contributed by atoms with Crippen molar-refractivity contribution < 1.29 is 18.3 Å². The van der Waals surface area contributed by atoms with Gasteiger partial charge in [0, 0.05) is 23.4 Å². The number of hydrogen-bond donors (Lipinski definition) is 2. The minimum atomic E-state index is -0.726. The summed E-state index contributed by atoms with van der Waals surface area (Å²) in [5.41, 5.74) is 5.90. The number of amides is 1. The molecule has 0 aromatic heterocycles. The van der Waals surface area contributed by atoms with Crippen molar-refractivity contribution in [2.75, 3.05) is 18.2 Å². The molecule has 0 saturated carbocycles. The summed E-state index contributed by atoms with van der Waals surface area (Å²) < 4.78 is 31.4. The smallest absolute Gasteiger partial charge is 0.255 e. The van der Waals surface area contributed by atoms with Crippen LogP contribution in [0.4, 0.5) is 20.2 Å². The second-order valence-electron chi connectivity index (χ2n) is 4.07. The highest BCUT2D eigenvalue weighted by Crippen LogP contribution is 2.21. The van der Waals surface area contributed by atoms with Crippen molar-refractivity contribution in [2.24, 2.45) is 0 Å². The number of nitrogens with one attached hydrogen (secondary N) is 1. The van der Waals surface area contributed by atoms with Crippen molar-refractivity contribution in [3.63, 3.8) is 0 Å². The number of anilines is 2. The summed E-state index contributed by atoms with van der Waals surface area (Å²) >= 11 is 0. The number of benzene rings is 2. The third-order valence-electron chi connectivity index (χ3n) is 2.60. The molecule has 0 spiro atoms. The molecule has 2 rings (SSSR count). The Hall–Kier alpha value is -2.63. The molecule has 4 nitrogen and oxygen atoms in total. The van der Waals surface area contributed by atoms with Gasteiger partial charge < -0.3 is 15.8 Å². The zero-order valence-corrected chi connectivity index (χ0v) is 10.6. The average molecular weight is 278 g/mol. The lowest BCUT2D eigenvalue weighted by Gasteiger charge is -2.09. The fourth-order valence-electron chi connectivity index (χ4n) is 1.66. The standard InChI is InChI=1S/C14H12F2N2O2/c1-20-11-5-8(4-10(17)7-11)14(19)18-13-6-9(15)2-3-12(13)16/h2-7H,17H2,1H3,(H,18,19). The second-order valence-corrected chi connectivity index (χ2v) is 4.07. The molecule has 0 bridgehead atoms. The molecule has 0 aliphatic heterocycles. The lowest BCUT2D eigenvalue weighted by Crippen LogP contribution is -2.13. The summed E-state index contributed by atoms with van der Waals surface area (Å²) in [5, 5.41) is 2.28. The van der Waals surface area contributed by atoms with Crippen LogP contribution >= 0.6 is 0 Å². The molecule has 20 heavy (non-hydrogen) atoms. The van der Waals surface area contributed by atoms with Crippen molar-refractivity contribution >= 4 is 17.3 Å². The van der Waals surface area contributed by atoms with Crippen molar-refractivity contribution in [1.29, 1.82) is 0 Å². The lowest BCUT2D eigenvalue weighted by molar-refractivity contribution is 0.102. The predicted octanol–water partition coefficient (Wildman–Crippen LogP) is 2.81. The maximum absolute atomic E-state index is 13.4. The molecular formula is C14H12F2N2O2. The molecule has 0 aliphatic carbocycles. The van der Waals surface area contributed by atoms with E-state index in [2.05, 4.69) is 5.32 Å². The number of ether oxygens (including phenoxy) is 1. The van der Waals surface area contributed by atoms with Crippen molar-refractivity contribution in [1.82, 2.24) is 0 Å². The van der Waals surface area contributed by atoms with Crippen molar-refractivity contribution in [3.05, 3.63) is 53.6 Å². The van der Waals surface area contributed by atoms with Gasteiger partial charge in [-0.1, -0.05) is 0 Å². The SMILES string of the molecule is COc1cc(N)cc(C(=O)Nc2cc(F)ccc2F)c1. The van der Waals surface area contributed by atoms with E-state index in [0.717, 1.165) is 18.2 Å². The van der Waals surface area contributed by atoms with Crippen molar-refractivity contribution in [3.8, 4) is 5.75 Å². The maximum atomic E-state index is 13.4. The predicted molar refractivity (Wildman–Crippen MR) is 71.7 cm³/mol. The third kappa shape index (κ3) is 3.03. The van der Waals surface area contributed by atoms with E-state index in [0.29, 0.717) is 11.4 Å². The summed E-state index contributed by atoms with van der Waals surface area (Å²) in [6, 6.07) is 7.20. The summed E-state index contributed by atoms with van der Waals surface area (Å²) in [6.45, 7) is 0. The molecule has 0 fully saturated rings. The molecule has 0 unspecified atom stereocenters. The zero-order valence-electron chi connectivity index (χ0n) is 10.6. The van der Waals surface area contributed by atoms with Crippen LogP contribution in [0.1, 0.15) is 10.4 Å². The summed E-state index contributed by atoms with van der Waals surface area (Å²) in [4.78, 5) is 12.0. The first-order valence-electron chi connectivity index (χ1n) is 5.70. The second kappa shape index (κ2) is 5.56. The van der Waals surface area contributed by atoms with E-state index in [1.54, 1.807) is 6.07 Å². The number of halogens is 2. The van der Waals surface area contributed by atoms with Crippen LogP contribution in [0, 0.1) is 11.6 Å². The van der Waals surface area contributed by atoms with E-state index in [1.165, 1.54) is 19.2 Å². The lowest BCUT2D eigenvalue weighted by atomic mass is 10.1. The Morgan fingerprint density at radius 3 is 2.65 bits per heavy atom. The topological polar surface area (TPSA) is 64.3 Å². The number of nitrogens with two attached hydrogens (primary N) is 1. The van der Waals surface area contributed by atoms with Gasteiger partial charge in [0.25, 0.3) is 5.91 Å². The summed E-state index contributed by atoms with van der Waals surface area (Å²) in [5.74, 6) is -1.59. The molecule has 0 saturated heterocycles. The van der Waals surface area contributed by atoms with Crippen LogP contribution < -0.4 is 15.8 Å². The van der Waals surface area contributed by atoms with Gasteiger partial charge in [0.2, 0.25) is 0 Å². The molecule has 0 radical (unpaired) electrons. The first kappa shape index (κ1) is 13.8. The van der Waals surface area contributed by atoms with Crippen LogP contribution in [0.25, 0.3) is 0 Å². The molecule has 1 amide bonds. The first-order chi connectivity index (χ1) is 9.49. The van der Waals surface area contributed by atoms with Gasteiger partial charge >= 0.3 is 0 Å². The minimum absolute atomic E-state index is 0.186. The molecule has 2 aromatic carbocycles. The van der Waals surface area contributed by atoms with Crippen LogP contribution in [0.5, 0.6) is 5.75 Å². The fraction of sp³-hybridized carbons (Fsp3) is 0.0714. The highest BCUT2D eigenvalue weighted by molar-refractivity contribution is 6.05. The molecule has 0 aliphatic rings. The van der Waals surface area contributed by atoms with E-state index in [-0.39, 0.29) is 11.3 Å². The van der Waals surface area contributed by atoms with Crippen LogP contribution in [-0.4, -0.2) is 13.0 Å². The number of carbonyl (C=O) groups excluding carboxylic acids is 1. The van der Waals surface area contributed by atoms with Crippen molar-refractivity contribution in [2.45, 2.75) is 0 Å². The summed E-state index contributed by atoms with van der Waals surface area (Å²) in [6.07, 6.45) is 0. The highest BCUT2D eigenvalue weighted by atomic mass is 19.1. The van der Waals surface area contributed by atoms with E-state index >= 15 is 0 Å². The number of carbonyl (C=O) groups is 1. The largest absolute Gasteiger partial charge is 0.497 e. The van der Waals surface area contributed by atoms with Crippen LogP contribution in [0.2, 0.25) is 0 Å². The maximum Gasteiger partial charge on any atom is 0.255 e. The van der Waals surface area contributed by atoms with Crippen LogP contribution in [0.15, 0.2) is 36.4 Å². The molecule has 3 N–H and O–H groups in total. The number of rotatable bonds is 3. The summed E-state index contributed by atoms with van der Waals surface area (Å²) in [7, 11) is 1.43. The van der Waals surface area contributed by atoms with Gasteiger partial charge in [0.1, 0.15) is 17.4 Å². The van der Waals surface area contributed by atoms with Crippen LogP contribution in [0.3, 0.4) is 0 Å². The van der Waals surface area contributed by atoms with Crippen LogP contribution in [-0.2, 0) is 0 Å². The third-order valence-corrected chi connectivity index (χ3v) is 2.60. The Kier molecular flexibility index (Phi) is 3.84. The van der Waals surface area contributed by atoms with Gasteiger partial charge in [-0.3, -0.25) is 4.79 Å². The molecule has 0 atom stereocenters. The Bertz CT molecular complexity index is 660. The normalized spacial score (nSPS) is 10.2. The number of hydrogen-bond acceptors (Lipinski definition) is 3. The van der Waals surface area contributed by atoms with Gasteiger partial charge in [-0.05, 0) is 24.3 Å². The number of methoxy groups -OCH3 is 1. The Balaban J connectivity index is 2.28. The first-order valence-corrected chi connectivity index (χ1v) is 5.70. The molecule has 6 heteroatoms.